The number of ether oxygens (including phenoxy) is 1. The van der Waals surface area contributed by atoms with Gasteiger partial charge in [0.05, 0.1) is 11.4 Å². The van der Waals surface area contributed by atoms with E-state index in [9.17, 15) is 14.4 Å². The Morgan fingerprint density at radius 1 is 0.575 bits per heavy atom. The first-order valence-electron chi connectivity index (χ1n) is 12.8. The maximum Gasteiger partial charge on any atom is 0.343 e. The summed E-state index contributed by atoms with van der Waals surface area (Å²) in [4.78, 5) is 43.5. The number of anilines is 2. The monoisotopic (exact) mass is 524 g/mol. The predicted molar refractivity (Wildman–Crippen MR) is 156 cm³/mol. The van der Waals surface area contributed by atoms with Gasteiger partial charge in [0.15, 0.2) is 0 Å². The normalized spacial score (nSPS) is 13.6. The third-order valence-electron chi connectivity index (χ3n) is 6.73. The number of amides is 4. The molecule has 5 aromatic rings. The van der Waals surface area contributed by atoms with Gasteiger partial charge < -0.3 is 4.74 Å². The van der Waals surface area contributed by atoms with Gasteiger partial charge in [-0.25, -0.2) is 14.6 Å². The second kappa shape index (κ2) is 10.7. The quantitative estimate of drug-likeness (QED) is 0.177. The number of fused-ring (bicyclic) bond motifs is 1. The molecule has 0 bridgehead atoms. The molecule has 6 nitrogen and oxygen atoms in total. The van der Waals surface area contributed by atoms with Gasteiger partial charge in [-0.05, 0) is 52.7 Å². The molecule has 6 heteroatoms. The second-order valence-corrected chi connectivity index (χ2v) is 9.27. The minimum Gasteiger partial charge on any atom is -0.488 e. The first-order chi connectivity index (χ1) is 19.6. The highest BCUT2D eigenvalue weighted by atomic mass is 16.5. The van der Waals surface area contributed by atoms with Crippen LogP contribution in [-0.4, -0.2) is 17.8 Å². The van der Waals surface area contributed by atoms with Crippen LogP contribution in [0.25, 0.3) is 16.8 Å². The van der Waals surface area contributed by atoms with Gasteiger partial charge in [0, 0.05) is 5.56 Å². The van der Waals surface area contributed by atoms with E-state index in [1.165, 1.54) is 0 Å². The van der Waals surface area contributed by atoms with Gasteiger partial charge >= 0.3 is 6.03 Å². The Hall–Kier alpha value is -5.49. The molecule has 6 rings (SSSR count). The third-order valence-corrected chi connectivity index (χ3v) is 6.73. The van der Waals surface area contributed by atoms with E-state index in [2.05, 4.69) is 0 Å². The molecule has 4 amide bonds. The molecule has 0 radical (unpaired) electrons. The molecule has 0 saturated carbocycles. The van der Waals surface area contributed by atoms with E-state index in [1.807, 2.05) is 66.7 Å². The first kappa shape index (κ1) is 24.8. The van der Waals surface area contributed by atoms with Crippen molar-refractivity contribution in [2.45, 2.75) is 6.61 Å². The molecule has 0 unspecified atom stereocenters. The van der Waals surface area contributed by atoms with Crippen LogP contribution in [0.15, 0.2) is 133 Å². The van der Waals surface area contributed by atoms with Crippen molar-refractivity contribution < 1.29 is 19.1 Å². The van der Waals surface area contributed by atoms with E-state index < -0.39 is 17.8 Å². The molecule has 5 aromatic carbocycles. The molecule has 0 spiro atoms. The number of urea groups is 1. The summed E-state index contributed by atoms with van der Waals surface area (Å²) in [5, 5.41) is 1.74. The van der Waals surface area contributed by atoms with Crippen LogP contribution < -0.4 is 14.5 Å². The predicted octanol–water partition coefficient (Wildman–Crippen LogP) is 7.00. The number of hydrogen-bond donors (Lipinski definition) is 0. The van der Waals surface area contributed by atoms with E-state index in [0.717, 1.165) is 26.1 Å². The van der Waals surface area contributed by atoms with Crippen molar-refractivity contribution in [3.63, 3.8) is 0 Å². The molecule has 1 aliphatic rings. The highest BCUT2D eigenvalue weighted by Crippen LogP contribution is 2.34. The molecular weight excluding hydrogens is 500 g/mol. The average Bonchev–Trinajstić information content (AvgIpc) is 3.00. The number of carbonyl (C=O) groups is 3. The van der Waals surface area contributed by atoms with Crippen molar-refractivity contribution >= 4 is 46.1 Å². The fraction of sp³-hybridized carbons (Fsp3) is 0.0294. The lowest BCUT2D eigenvalue weighted by Gasteiger charge is -2.34. The maximum atomic E-state index is 13.9. The summed E-state index contributed by atoms with van der Waals surface area (Å²) in [6, 6.07) is 37.7. The van der Waals surface area contributed by atoms with Crippen LogP contribution in [0.3, 0.4) is 0 Å². The number of rotatable bonds is 6. The largest absolute Gasteiger partial charge is 0.488 e. The zero-order chi connectivity index (χ0) is 27.5. The molecule has 0 atom stereocenters. The molecule has 40 heavy (non-hydrogen) atoms. The van der Waals surface area contributed by atoms with E-state index in [4.69, 9.17) is 4.74 Å². The third kappa shape index (κ3) is 4.63. The Morgan fingerprint density at radius 2 is 1.10 bits per heavy atom. The van der Waals surface area contributed by atoms with Crippen LogP contribution in [0.5, 0.6) is 5.75 Å². The van der Waals surface area contributed by atoms with Gasteiger partial charge in [-0.15, -0.1) is 0 Å². The summed E-state index contributed by atoms with van der Waals surface area (Å²) >= 11 is 0. The van der Waals surface area contributed by atoms with Crippen LogP contribution in [0.4, 0.5) is 16.2 Å². The molecule has 1 fully saturated rings. The average molecular weight is 525 g/mol. The van der Waals surface area contributed by atoms with Crippen molar-refractivity contribution in [2.75, 3.05) is 9.80 Å². The Kier molecular flexibility index (Phi) is 6.65. The van der Waals surface area contributed by atoms with Gasteiger partial charge in [-0.3, -0.25) is 9.59 Å². The fourth-order valence-electron chi connectivity index (χ4n) is 4.77. The van der Waals surface area contributed by atoms with Crippen LogP contribution in [0.1, 0.15) is 11.1 Å². The summed E-state index contributed by atoms with van der Waals surface area (Å²) in [7, 11) is 0. The summed E-state index contributed by atoms with van der Waals surface area (Å²) in [6.45, 7) is 0.308. The Morgan fingerprint density at radius 3 is 1.70 bits per heavy atom. The summed E-state index contributed by atoms with van der Waals surface area (Å²) in [5.74, 6) is -0.879. The lowest BCUT2D eigenvalue weighted by Crippen LogP contribution is -2.57. The SMILES string of the molecule is O=C1C(=Cc2c(OCc3ccccc3)ccc3ccccc23)C(=O)N(c2ccccc2)C(=O)N1c1ccccc1. The van der Waals surface area contributed by atoms with Gasteiger partial charge in [0.1, 0.15) is 17.9 Å². The zero-order valence-corrected chi connectivity index (χ0v) is 21.4. The highest BCUT2D eigenvalue weighted by Gasteiger charge is 2.43. The standard InChI is InChI=1S/C34H24N2O4/c37-32-30(33(38)36(27-17-8-3-9-18-27)34(39)35(32)26-15-6-2-7-16-26)22-29-28-19-11-10-14-25(28)20-21-31(29)40-23-24-12-4-1-5-13-24/h1-22H,23H2. The summed E-state index contributed by atoms with van der Waals surface area (Å²) < 4.78 is 6.23. The van der Waals surface area contributed by atoms with Crippen LogP contribution in [-0.2, 0) is 16.2 Å². The van der Waals surface area contributed by atoms with Crippen LogP contribution in [0, 0.1) is 0 Å². The van der Waals surface area contributed by atoms with Crippen LogP contribution >= 0.6 is 0 Å². The minimum atomic E-state index is -0.733. The maximum absolute atomic E-state index is 13.9. The van der Waals surface area contributed by atoms with Crippen LogP contribution in [0.2, 0.25) is 0 Å². The minimum absolute atomic E-state index is 0.145. The van der Waals surface area contributed by atoms with Crippen molar-refractivity contribution in [1.82, 2.24) is 0 Å². The van der Waals surface area contributed by atoms with Crippen molar-refractivity contribution in [2.24, 2.45) is 0 Å². The molecule has 0 N–H and O–H groups in total. The smallest absolute Gasteiger partial charge is 0.343 e. The molecular formula is C34H24N2O4. The number of imide groups is 2. The van der Waals surface area contributed by atoms with E-state index in [0.29, 0.717) is 29.3 Å². The highest BCUT2D eigenvalue weighted by molar-refractivity contribution is 6.46. The Balaban J connectivity index is 1.51. The van der Waals surface area contributed by atoms with Crippen molar-refractivity contribution in [3.05, 3.63) is 144 Å². The van der Waals surface area contributed by atoms with E-state index >= 15 is 0 Å². The lowest BCUT2D eigenvalue weighted by atomic mass is 9.99. The number of barbiturate groups is 1. The zero-order valence-electron chi connectivity index (χ0n) is 21.4. The number of benzene rings is 5. The summed E-state index contributed by atoms with van der Waals surface area (Å²) in [6.07, 6.45) is 1.55. The van der Waals surface area contributed by atoms with Gasteiger partial charge in [0.25, 0.3) is 11.8 Å². The molecule has 0 aliphatic carbocycles. The first-order valence-corrected chi connectivity index (χ1v) is 12.8. The van der Waals surface area contributed by atoms with Crippen molar-refractivity contribution in [1.29, 1.82) is 0 Å². The second-order valence-electron chi connectivity index (χ2n) is 9.27. The fourth-order valence-corrected chi connectivity index (χ4v) is 4.77. The van der Waals surface area contributed by atoms with Crippen molar-refractivity contribution in [3.8, 4) is 5.75 Å². The molecule has 1 heterocycles. The number of nitrogens with zero attached hydrogens (tertiary/aromatic N) is 2. The van der Waals surface area contributed by atoms with Gasteiger partial charge in [0.2, 0.25) is 0 Å². The molecule has 1 aliphatic heterocycles. The molecule has 1 saturated heterocycles. The molecule has 194 valence electrons. The van der Waals surface area contributed by atoms with Gasteiger partial charge in [-0.1, -0.05) is 97.1 Å². The van der Waals surface area contributed by atoms with E-state index in [-0.39, 0.29) is 5.57 Å². The lowest BCUT2D eigenvalue weighted by molar-refractivity contribution is -0.121. The number of carbonyl (C=O) groups excluding carboxylic acids is 3. The number of hydrogen-bond acceptors (Lipinski definition) is 4. The Labute approximate surface area is 231 Å². The van der Waals surface area contributed by atoms with E-state index in [1.54, 1.807) is 66.7 Å². The van der Waals surface area contributed by atoms with Gasteiger partial charge in [-0.2, -0.15) is 0 Å². The summed E-state index contributed by atoms with van der Waals surface area (Å²) in [5.41, 5.74) is 2.16. The molecule has 0 aromatic heterocycles. The number of para-hydroxylation sites is 2. The Bertz CT molecular complexity index is 1690. The topological polar surface area (TPSA) is 66.9 Å².